The summed E-state index contributed by atoms with van der Waals surface area (Å²) in [6.45, 7) is 1.99. The van der Waals surface area contributed by atoms with Crippen LogP contribution in [0.25, 0.3) is 12.2 Å². The molecule has 0 aliphatic heterocycles. The molecule has 0 aliphatic carbocycles. The Labute approximate surface area is 118 Å². The molecule has 0 atom stereocenters. The Kier molecular flexibility index (Phi) is 4.20. The second kappa shape index (κ2) is 6.06. The summed E-state index contributed by atoms with van der Waals surface area (Å²) in [4.78, 5) is 12.3. The summed E-state index contributed by atoms with van der Waals surface area (Å²) in [6.07, 6.45) is 2.95. The molecule has 0 saturated heterocycles. The third-order valence-electron chi connectivity index (χ3n) is 3.09. The highest BCUT2D eigenvalue weighted by Crippen LogP contribution is 2.23. The van der Waals surface area contributed by atoms with Gasteiger partial charge in [-0.25, -0.2) is 4.79 Å². The van der Waals surface area contributed by atoms with E-state index in [1.165, 1.54) is 4.90 Å². The molecule has 3 nitrogen and oxygen atoms in total. The largest absolute Gasteiger partial charge is 0.465 e. The van der Waals surface area contributed by atoms with Crippen LogP contribution < -0.4 is 4.90 Å². The molecule has 2 rings (SSSR count). The number of anilines is 1. The lowest BCUT2D eigenvalue weighted by atomic mass is 10.1. The monoisotopic (exact) mass is 267 g/mol. The standard InChI is InChI=1S/C17H17NO2/c1-13-8-11-16(18(2)17(19)20)15(12-13)10-9-14-6-4-3-5-7-14/h3-12H,1-2H3,(H,19,20). The molecule has 102 valence electrons. The third-order valence-corrected chi connectivity index (χ3v) is 3.09. The lowest BCUT2D eigenvalue weighted by Crippen LogP contribution is -2.24. The Morgan fingerprint density at radius 2 is 1.80 bits per heavy atom. The van der Waals surface area contributed by atoms with Gasteiger partial charge in [0.05, 0.1) is 5.69 Å². The number of aryl methyl sites for hydroxylation is 1. The van der Waals surface area contributed by atoms with Crippen LogP contribution in [0.1, 0.15) is 16.7 Å². The number of hydrogen-bond acceptors (Lipinski definition) is 1. The van der Waals surface area contributed by atoms with Crippen LogP contribution in [0.5, 0.6) is 0 Å². The van der Waals surface area contributed by atoms with Gasteiger partial charge in [-0.1, -0.05) is 54.1 Å². The molecule has 0 aromatic heterocycles. The predicted octanol–water partition coefficient (Wildman–Crippen LogP) is 4.28. The lowest BCUT2D eigenvalue weighted by Gasteiger charge is -2.16. The Hall–Kier alpha value is -2.55. The molecule has 0 bridgehead atoms. The van der Waals surface area contributed by atoms with Crippen LogP contribution in [0, 0.1) is 6.92 Å². The minimum atomic E-state index is -0.969. The van der Waals surface area contributed by atoms with Gasteiger partial charge in [-0.3, -0.25) is 4.90 Å². The molecule has 0 aliphatic rings. The van der Waals surface area contributed by atoms with E-state index >= 15 is 0 Å². The van der Waals surface area contributed by atoms with Crippen molar-refractivity contribution in [3.8, 4) is 0 Å². The van der Waals surface area contributed by atoms with Crippen molar-refractivity contribution in [2.24, 2.45) is 0 Å². The first-order valence-corrected chi connectivity index (χ1v) is 6.38. The maximum absolute atomic E-state index is 11.1. The predicted molar refractivity (Wildman–Crippen MR) is 83.0 cm³/mol. The van der Waals surface area contributed by atoms with Gasteiger partial charge in [0, 0.05) is 7.05 Å². The summed E-state index contributed by atoms with van der Waals surface area (Å²) < 4.78 is 0. The van der Waals surface area contributed by atoms with Gasteiger partial charge in [0.15, 0.2) is 0 Å². The molecular weight excluding hydrogens is 250 g/mol. The molecule has 2 aromatic rings. The van der Waals surface area contributed by atoms with Crippen LogP contribution in [0.3, 0.4) is 0 Å². The molecule has 0 unspecified atom stereocenters. The minimum absolute atomic E-state index is 0.676. The topological polar surface area (TPSA) is 40.5 Å². The Bertz CT molecular complexity index is 633. The zero-order valence-electron chi connectivity index (χ0n) is 11.6. The van der Waals surface area contributed by atoms with Gasteiger partial charge in [0.2, 0.25) is 0 Å². The Morgan fingerprint density at radius 3 is 2.45 bits per heavy atom. The summed E-state index contributed by atoms with van der Waals surface area (Å²) >= 11 is 0. The fourth-order valence-electron chi connectivity index (χ4n) is 1.97. The van der Waals surface area contributed by atoms with E-state index < -0.39 is 6.09 Å². The number of nitrogens with zero attached hydrogens (tertiary/aromatic N) is 1. The molecule has 1 amide bonds. The number of carboxylic acid groups (broad SMARTS) is 1. The highest BCUT2D eigenvalue weighted by molar-refractivity contribution is 5.90. The fourth-order valence-corrected chi connectivity index (χ4v) is 1.97. The second-order valence-electron chi connectivity index (χ2n) is 4.65. The zero-order chi connectivity index (χ0) is 14.5. The first kappa shape index (κ1) is 13.9. The quantitative estimate of drug-likeness (QED) is 0.843. The van der Waals surface area contributed by atoms with Gasteiger partial charge >= 0.3 is 6.09 Å². The molecule has 1 N–H and O–H groups in total. The zero-order valence-corrected chi connectivity index (χ0v) is 11.6. The Morgan fingerprint density at radius 1 is 1.10 bits per heavy atom. The number of carbonyl (C=O) groups is 1. The number of amides is 1. The highest BCUT2D eigenvalue weighted by atomic mass is 16.4. The van der Waals surface area contributed by atoms with Gasteiger partial charge < -0.3 is 5.11 Å². The maximum Gasteiger partial charge on any atom is 0.411 e. The van der Waals surface area contributed by atoms with Crippen molar-refractivity contribution in [3.63, 3.8) is 0 Å². The van der Waals surface area contributed by atoms with E-state index in [-0.39, 0.29) is 0 Å². The first-order valence-electron chi connectivity index (χ1n) is 6.38. The van der Waals surface area contributed by atoms with Gasteiger partial charge in [-0.15, -0.1) is 0 Å². The summed E-state index contributed by atoms with van der Waals surface area (Å²) in [5.74, 6) is 0. The van der Waals surface area contributed by atoms with Crippen molar-refractivity contribution >= 4 is 23.9 Å². The molecule has 0 saturated carbocycles. The third kappa shape index (κ3) is 3.26. The van der Waals surface area contributed by atoms with E-state index in [4.69, 9.17) is 5.11 Å². The van der Waals surface area contributed by atoms with Crippen LogP contribution in [0.15, 0.2) is 48.5 Å². The molecule has 0 fully saturated rings. The van der Waals surface area contributed by atoms with Gasteiger partial charge in [-0.2, -0.15) is 0 Å². The number of benzene rings is 2. The maximum atomic E-state index is 11.1. The van der Waals surface area contributed by atoms with Crippen molar-refractivity contribution in [3.05, 3.63) is 65.2 Å². The van der Waals surface area contributed by atoms with E-state index in [1.807, 2.05) is 67.6 Å². The van der Waals surface area contributed by atoms with Crippen LogP contribution in [-0.2, 0) is 0 Å². The summed E-state index contributed by atoms with van der Waals surface area (Å²) in [5.41, 5.74) is 3.74. The van der Waals surface area contributed by atoms with Gasteiger partial charge in [0.25, 0.3) is 0 Å². The minimum Gasteiger partial charge on any atom is -0.465 e. The van der Waals surface area contributed by atoms with Gasteiger partial charge in [0.1, 0.15) is 0 Å². The van der Waals surface area contributed by atoms with E-state index in [0.717, 1.165) is 16.7 Å². The molecule has 0 radical (unpaired) electrons. The van der Waals surface area contributed by atoms with Crippen molar-refractivity contribution in [2.45, 2.75) is 6.92 Å². The van der Waals surface area contributed by atoms with Crippen molar-refractivity contribution in [2.75, 3.05) is 11.9 Å². The number of rotatable bonds is 3. The summed E-state index contributed by atoms with van der Waals surface area (Å²) in [6, 6.07) is 15.6. The summed E-state index contributed by atoms with van der Waals surface area (Å²) in [7, 11) is 1.55. The van der Waals surface area contributed by atoms with E-state index in [1.54, 1.807) is 7.05 Å². The Balaban J connectivity index is 2.37. The molecular formula is C17H17NO2. The average Bonchev–Trinajstić information content (AvgIpc) is 2.45. The molecule has 2 aromatic carbocycles. The smallest absolute Gasteiger partial charge is 0.411 e. The van der Waals surface area contributed by atoms with Crippen molar-refractivity contribution < 1.29 is 9.90 Å². The first-order chi connectivity index (χ1) is 9.58. The average molecular weight is 267 g/mol. The fraction of sp³-hybridized carbons (Fsp3) is 0.118. The van der Waals surface area contributed by atoms with Crippen molar-refractivity contribution in [1.29, 1.82) is 0 Å². The van der Waals surface area contributed by atoms with Crippen LogP contribution >= 0.6 is 0 Å². The summed E-state index contributed by atoms with van der Waals surface area (Å²) in [5, 5.41) is 9.12. The van der Waals surface area contributed by atoms with Crippen LogP contribution in [-0.4, -0.2) is 18.2 Å². The SMILES string of the molecule is Cc1ccc(N(C)C(=O)O)c(C=Cc2ccccc2)c1. The second-order valence-corrected chi connectivity index (χ2v) is 4.65. The number of hydrogen-bond donors (Lipinski definition) is 1. The van der Waals surface area contributed by atoms with Gasteiger partial charge in [-0.05, 0) is 30.2 Å². The van der Waals surface area contributed by atoms with E-state index in [2.05, 4.69) is 0 Å². The van der Waals surface area contributed by atoms with Crippen LogP contribution in [0.4, 0.5) is 10.5 Å². The van der Waals surface area contributed by atoms with E-state index in [9.17, 15) is 4.79 Å². The lowest BCUT2D eigenvalue weighted by molar-refractivity contribution is 0.203. The molecule has 3 heteroatoms. The molecule has 0 spiro atoms. The highest BCUT2D eigenvalue weighted by Gasteiger charge is 2.11. The molecule has 0 heterocycles. The van der Waals surface area contributed by atoms with Crippen LogP contribution in [0.2, 0.25) is 0 Å². The van der Waals surface area contributed by atoms with Crippen molar-refractivity contribution in [1.82, 2.24) is 0 Å². The van der Waals surface area contributed by atoms with E-state index in [0.29, 0.717) is 5.69 Å². The normalized spacial score (nSPS) is 10.7. The molecule has 20 heavy (non-hydrogen) atoms.